The molecule has 0 spiro atoms. The summed E-state index contributed by atoms with van der Waals surface area (Å²) < 4.78 is 16.5. The van der Waals surface area contributed by atoms with Crippen LogP contribution in [0.1, 0.15) is 32.3 Å². The summed E-state index contributed by atoms with van der Waals surface area (Å²) in [6.45, 7) is 4.96. The SMILES string of the molecule is CCCOc1ccc(N2C(=O)NC(=O)/C(=C/c3cc(Cl)c(OCCC)c(OC)c3)C2=O)cc1. The normalized spacial score (nSPS) is 15.0. The molecular formula is C24H25ClN2O6. The van der Waals surface area contributed by atoms with Crippen molar-refractivity contribution in [1.29, 1.82) is 0 Å². The third-order valence-electron chi connectivity index (χ3n) is 4.68. The van der Waals surface area contributed by atoms with Crippen molar-refractivity contribution in [3.05, 3.63) is 52.6 Å². The van der Waals surface area contributed by atoms with Gasteiger partial charge in [-0.15, -0.1) is 0 Å². The first kappa shape index (κ1) is 24.1. The van der Waals surface area contributed by atoms with Crippen LogP contribution in [0, 0.1) is 0 Å². The Morgan fingerprint density at radius 3 is 2.30 bits per heavy atom. The summed E-state index contributed by atoms with van der Waals surface area (Å²) in [7, 11) is 1.47. The quantitative estimate of drug-likeness (QED) is 0.423. The van der Waals surface area contributed by atoms with E-state index in [-0.39, 0.29) is 10.6 Å². The Hall–Kier alpha value is -3.52. The van der Waals surface area contributed by atoms with E-state index in [1.54, 1.807) is 36.4 Å². The number of urea groups is 1. The number of barbiturate groups is 1. The molecule has 1 heterocycles. The van der Waals surface area contributed by atoms with Crippen molar-refractivity contribution in [1.82, 2.24) is 5.32 Å². The fourth-order valence-corrected chi connectivity index (χ4v) is 3.41. The van der Waals surface area contributed by atoms with Crippen molar-refractivity contribution in [2.75, 3.05) is 25.2 Å². The number of nitrogens with zero attached hydrogens (tertiary/aromatic N) is 1. The predicted molar refractivity (Wildman–Crippen MR) is 125 cm³/mol. The molecular weight excluding hydrogens is 448 g/mol. The Morgan fingerprint density at radius 2 is 1.67 bits per heavy atom. The van der Waals surface area contributed by atoms with Gasteiger partial charge in [-0.05, 0) is 60.9 Å². The number of methoxy groups -OCH3 is 1. The van der Waals surface area contributed by atoms with E-state index in [0.29, 0.717) is 41.7 Å². The molecule has 0 radical (unpaired) electrons. The summed E-state index contributed by atoms with van der Waals surface area (Å²) in [5.41, 5.74) is 0.525. The number of rotatable bonds is 9. The van der Waals surface area contributed by atoms with Crippen LogP contribution in [0.5, 0.6) is 17.2 Å². The summed E-state index contributed by atoms with van der Waals surface area (Å²) in [6.07, 6.45) is 2.99. The van der Waals surface area contributed by atoms with Crippen molar-refractivity contribution < 1.29 is 28.6 Å². The van der Waals surface area contributed by atoms with Crippen molar-refractivity contribution in [3.8, 4) is 17.2 Å². The van der Waals surface area contributed by atoms with Crippen molar-refractivity contribution in [3.63, 3.8) is 0 Å². The Kier molecular flexibility index (Phi) is 7.95. The first-order chi connectivity index (χ1) is 15.9. The highest BCUT2D eigenvalue weighted by Crippen LogP contribution is 2.37. The van der Waals surface area contributed by atoms with E-state index in [4.69, 9.17) is 25.8 Å². The molecule has 0 bridgehead atoms. The molecule has 1 saturated heterocycles. The highest BCUT2D eigenvalue weighted by molar-refractivity contribution is 6.39. The number of carbonyl (C=O) groups is 3. The van der Waals surface area contributed by atoms with Gasteiger partial charge in [0.05, 0.1) is 31.0 Å². The standard InChI is InChI=1S/C24H25ClN2O6/c1-4-10-32-17-8-6-16(7-9-17)27-23(29)18(22(28)26-24(27)30)12-15-13-19(25)21(33-11-5-2)20(14-15)31-3/h6-9,12-14H,4-5,10-11H2,1-3H3,(H,26,28,30)/b18-12-. The van der Waals surface area contributed by atoms with Gasteiger partial charge < -0.3 is 14.2 Å². The molecule has 0 aliphatic carbocycles. The van der Waals surface area contributed by atoms with Gasteiger partial charge in [-0.2, -0.15) is 0 Å². The zero-order chi connectivity index (χ0) is 24.0. The number of anilines is 1. The predicted octanol–water partition coefficient (Wildman–Crippen LogP) is 4.59. The van der Waals surface area contributed by atoms with Crippen LogP contribution in [0.3, 0.4) is 0 Å². The summed E-state index contributed by atoms with van der Waals surface area (Å²) in [4.78, 5) is 38.9. The summed E-state index contributed by atoms with van der Waals surface area (Å²) in [6, 6.07) is 8.80. The number of halogens is 1. The zero-order valence-corrected chi connectivity index (χ0v) is 19.4. The number of nitrogens with one attached hydrogen (secondary N) is 1. The topological polar surface area (TPSA) is 94.2 Å². The van der Waals surface area contributed by atoms with Crippen LogP contribution in [0.2, 0.25) is 5.02 Å². The van der Waals surface area contributed by atoms with Gasteiger partial charge in [0.2, 0.25) is 0 Å². The number of amides is 4. The average molecular weight is 473 g/mol. The molecule has 1 aliphatic heterocycles. The molecule has 3 rings (SSSR count). The largest absolute Gasteiger partial charge is 0.494 e. The molecule has 1 fully saturated rings. The van der Waals surface area contributed by atoms with Crippen molar-refractivity contribution >= 4 is 41.2 Å². The minimum Gasteiger partial charge on any atom is -0.494 e. The molecule has 1 N–H and O–H groups in total. The zero-order valence-electron chi connectivity index (χ0n) is 18.6. The molecule has 1 aliphatic rings. The second-order valence-electron chi connectivity index (χ2n) is 7.18. The van der Waals surface area contributed by atoms with E-state index in [9.17, 15) is 14.4 Å². The molecule has 0 unspecified atom stereocenters. The summed E-state index contributed by atoms with van der Waals surface area (Å²) >= 11 is 6.34. The Balaban J connectivity index is 1.93. The first-order valence-electron chi connectivity index (χ1n) is 10.5. The lowest BCUT2D eigenvalue weighted by atomic mass is 10.1. The number of imide groups is 2. The van der Waals surface area contributed by atoms with Crippen LogP contribution in [-0.2, 0) is 9.59 Å². The van der Waals surface area contributed by atoms with Gasteiger partial charge in [0.15, 0.2) is 11.5 Å². The van der Waals surface area contributed by atoms with Crippen molar-refractivity contribution in [2.45, 2.75) is 26.7 Å². The minimum absolute atomic E-state index is 0.221. The first-order valence-corrected chi connectivity index (χ1v) is 10.9. The van der Waals surface area contributed by atoms with Crippen LogP contribution in [-0.4, -0.2) is 38.2 Å². The van der Waals surface area contributed by atoms with Crippen LogP contribution < -0.4 is 24.4 Å². The van der Waals surface area contributed by atoms with E-state index in [1.807, 2.05) is 13.8 Å². The lowest BCUT2D eigenvalue weighted by Crippen LogP contribution is -2.54. The number of carbonyl (C=O) groups excluding carboxylic acids is 3. The average Bonchev–Trinajstić information content (AvgIpc) is 2.80. The van der Waals surface area contributed by atoms with Crippen LogP contribution >= 0.6 is 11.6 Å². The molecule has 0 saturated carbocycles. The van der Waals surface area contributed by atoms with E-state index < -0.39 is 17.8 Å². The van der Waals surface area contributed by atoms with Gasteiger partial charge in [-0.3, -0.25) is 14.9 Å². The van der Waals surface area contributed by atoms with Crippen LogP contribution in [0.25, 0.3) is 6.08 Å². The molecule has 174 valence electrons. The summed E-state index contributed by atoms with van der Waals surface area (Å²) in [5.74, 6) is -0.200. The molecule has 4 amide bonds. The van der Waals surface area contributed by atoms with Crippen molar-refractivity contribution in [2.24, 2.45) is 0 Å². The van der Waals surface area contributed by atoms with Gasteiger partial charge in [-0.25, -0.2) is 9.69 Å². The number of hydrogen-bond donors (Lipinski definition) is 1. The number of hydrogen-bond acceptors (Lipinski definition) is 6. The van der Waals surface area contributed by atoms with Gasteiger partial charge in [0, 0.05) is 0 Å². The molecule has 2 aromatic carbocycles. The fraction of sp³-hybridized carbons (Fsp3) is 0.292. The van der Waals surface area contributed by atoms with Gasteiger partial charge in [0.1, 0.15) is 11.3 Å². The summed E-state index contributed by atoms with van der Waals surface area (Å²) in [5, 5.41) is 2.47. The Labute approximate surface area is 197 Å². The van der Waals surface area contributed by atoms with E-state index in [2.05, 4.69) is 5.32 Å². The highest BCUT2D eigenvalue weighted by atomic mass is 35.5. The second-order valence-corrected chi connectivity index (χ2v) is 7.59. The van der Waals surface area contributed by atoms with Gasteiger partial charge >= 0.3 is 6.03 Å². The maximum Gasteiger partial charge on any atom is 0.335 e. The monoisotopic (exact) mass is 472 g/mol. The molecule has 0 aromatic heterocycles. The molecule has 0 atom stereocenters. The number of ether oxygens (including phenoxy) is 3. The lowest BCUT2D eigenvalue weighted by Gasteiger charge is -2.26. The minimum atomic E-state index is -0.830. The van der Waals surface area contributed by atoms with Gasteiger partial charge in [-0.1, -0.05) is 25.4 Å². The highest BCUT2D eigenvalue weighted by Gasteiger charge is 2.36. The van der Waals surface area contributed by atoms with Crippen LogP contribution in [0.15, 0.2) is 42.0 Å². The fourth-order valence-electron chi connectivity index (χ4n) is 3.14. The molecule has 2 aromatic rings. The molecule has 33 heavy (non-hydrogen) atoms. The third kappa shape index (κ3) is 5.46. The van der Waals surface area contributed by atoms with E-state index in [0.717, 1.165) is 17.7 Å². The maximum absolute atomic E-state index is 13.1. The Bertz CT molecular complexity index is 1080. The van der Waals surface area contributed by atoms with Crippen LogP contribution in [0.4, 0.5) is 10.5 Å². The lowest BCUT2D eigenvalue weighted by molar-refractivity contribution is -0.122. The Morgan fingerprint density at radius 1 is 1.00 bits per heavy atom. The van der Waals surface area contributed by atoms with E-state index >= 15 is 0 Å². The molecule has 8 nitrogen and oxygen atoms in total. The molecule has 9 heteroatoms. The maximum atomic E-state index is 13.1. The van der Waals surface area contributed by atoms with E-state index in [1.165, 1.54) is 13.2 Å². The van der Waals surface area contributed by atoms with Gasteiger partial charge in [0.25, 0.3) is 11.8 Å². The smallest absolute Gasteiger partial charge is 0.335 e. The third-order valence-corrected chi connectivity index (χ3v) is 4.96. The number of benzene rings is 2. The second kappa shape index (κ2) is 10.9.